The first kappa shape index (κ1) is 16.5. The molecule has 0 saturated heterocycles. The average molecular weight is 364 g/mol. The highest BCUT2D eigenvalue weighted by molar-refractivity contribution is 7.91. The third kappa shape index (κ3) is 2.68. The summed E-state index contributed by atoms with van der Waals surface area (Å²) in [5, 5.41) is 0.488. The van der Waals surface area contributed by atoms with Gasteiger partial charge in [0, 0.05) is 17.1 Å². The molecule has 7 heteroatoms. The summed E-state index contributed by atoms with van der Waals surface area (Å²) in [5.41, 5.74) is 0.909. The first-order valence-corrected chi connectivity index (χ1v) is 8.91. The number of aromatic amines is 1. The Morgan fingerprint density at radius 2 is 1.88 bits per heavy atom. The fraction of sp³-hybridized carbons (Fsp3) is 0.118. The molecule has 2 aromatic carbocycles. The Bertz CT molecular complexity index is 1100. The third-order valence-corrected chi connectivity index (χ3v) is 5.78. The maximum Gasteiger partial charge on any atom is 0.211 e. The van der Waals surface area contributed by atoms with Crippen molar-refractivity contribution in [1.82, 2.24) is 4.98 Å². The van der Waals surface area contributed by atoms with E-state index in [1.807, 2.05) is 13.0 Å². The van der Waals surface area contributed by atoms with Gasteiger partial charge < -0.3 is 9.72 Å². The molecule has 1 N–H and O–H groups in total. The highest BCUT2D eigenvalue weighted by atomic mass is 35.5. The minimum atomic E-state index is -4.01. The average Bonchev–Trinajstić information content (AvgIpc) is 2.55. The molecule has 0 unspecified atom stereocenters. The summed E-state index contributed by atoms with van der Waals surface area (Å²) in [4.78, 5) is 15.1. The number of hydrogen-bond donors (Lipinski definition) is 1. The number of ether oxygens (including phenoxy) is 1. The zero-order valence-corrected chi connectivity index (χ0v) is 14.5. The highest BCUT2D eigenvalue weighted by Gasteiger charge is 2.23. The number of rotatable bonds is 3. The molecule has 124 valence electrons. The molecule has 0 aliphatic rings. The summed E-state index contributed by atoms with van der Waals surface area (Å²) < 4.78 is 30.6. The number of aromatic nitrogens is 1. The topological polar surface area (TPSA) is 76.2 Å². The van der Waals surface area contributed by atoms with Crippen LogP contribution in [0.15, 0.2) is 57.2 Å². The molecule has 24 heavy (non-hydrogen) atoms. The number of aryl methyl sites for hydroxylation is 1. The van der Waals surface area contributed by atoms with Crippen LogP contribution >= 0.6 is 11.6 Å². The monoisotopic (exact) mass is 363 g/mol. The van der Waals surface area contributed by atoms with E-state index in [-0.39, 0.29) is 14.8 Å². The van der Waals surface area contributed by atoms with Gasteiger partial charge in [0.1, 0.15) is 10.6 Å². The van der Waals surface area contributed by atoms with Gasteiger partial charge in [-0.2, -0.15) is 0 Å². The van der Waals surface area contributed by atoms with Crippen molar-refractivity contribution in [1.29, 1.82) is 0 Å². The van der Waals surface area contributed by atoms with Gasteiger partial charge in [0.25, 0.3) is 0 Å². The molecule has 0 amide bonds. The van der Waals surface area contributed by atoms with Crippen molar-refractivity contribution in [3.05, 3.63) is 63.4 Å². The minimum absolute atomic E-state index is 0.0641. The second kappa shape index (κ2) is 5.96. The SMILES string of the molecule is COc1ccc(S(=O)(=O)c2c[nH]c3ccc(C)cc3c2=O)cc1Cl. The Morgan fingerprint density at radius 1 is 1.12 bits per heavy atom. The van der Waals surface area contributed by atoms with Crippen molar-refractivity contribution < 1.29 is 13.2 Å². The second-order valence-electron chi connectivity index (χ2n) is 5.33. The Labute approximate surface area is 143 Å². The number of nitrogens with one attached hydrogen (secondary N) is 1. The highest BCUT2D eigenvalue weighted by Crippen LogP contribution is 2.29. The van der Waals surface area contributed by atoms with Gasteiger partial charge in [-0.25, -0.2) is 8.42 Å². The van der Waals surface area contributed by atoms with Crippen LogP contribution in [0.5, 0.6) is 5.75 Å². The maximum atomic E-state index is 12.8. The van der Waals surface area contributed by atoms with Gasteiger partial charge in [-0.15, -0.1) is 0 Å². The zero-order chi connectivity index (χ0) is 17.5. The molecular weight excluding hydrogens is 350 g/mol. The molecule has 0 saturated carbocycles. The molecule has 3 aromatic rings. The van der Waals surface area contributed by atoms with E-state index < -0.39 is 15.3 Å². The van der Waals surface area contributed by atoms with Gasteiger partial charge in [0.15, 0.2) is 0 Å². The van der Waals surface area contributed by atoms with Gasteiger partial charge in [-0.1, -0.05) is 23.2 Å². The van der Waals surface area contributed by atoms with Crippen molar-refractivity contribution in [2.75, 3.05) is 7.11 Å². The van der Waals surface area contributed by atoms with Crippen molar-refractivity contribution in [3.8, 4) is 5.75 Å². The van der Waals surface area contributed by atoms with Crippen LogP contribution in [0.2, 0.25) is 5.02 Å². The molecule has 3 rings (SSSR count). The first-order chi connectivity index (χ1) is 11.3. The number of pyridine rings is 1. The smallest absolute Gasteiger partial charge is 0.211 e. The number of halogens is 1. The molecule has 0 bridgehead atoms. The number of methoxy groups -OCH3 is 1. The van der Waals surface area contributed by atoms with Crippen LogP contribution in [0.1, 0.15) is 5.56 Å². The summed E-state index contributed by atoms with van der Waals surface area (Å²) in [6.07, 6.45) is 1.22. The van der Waals surface area contributed by atoms with E-state index in [9.17, 15) is 13.2 Å². The van der Waals surface area contributed by atoms with Crippen LogP contribution < -0.4 is 10.2 Å². The van der Waals surface area contributed by atoms with Gasteiger partial charge in [0.05, 0.1) is 17.0 Å². The van der Waals surface area contributed by atoms with E-state index in [1.165, 1.54) is 31.5 Å². The quantitative estimate of drug-likeness (QED) is 0.774. The summed E-state index contributed by atoms with van der Waals surface area (Å²) >= 11 is 6.00. The molecule has 0 fully saturated rings. The molecule has 1 aromatic heterocycles. The van der Waals surface area contributed by atoms with E-state index in [1.54, 1.807) is 12.1 Å². The van der Waals surface area contributed by atoms with Crippen molar-refractivity contribution >= 4 is 32.3 Å². The Balaban J connectivity index is 2.24. The van der Waals surface area contributed by atoms with Crippen LogP contribution in [0.25, 0.3) is 10.9 Å². The molecule has 0 aliphatic heterocycles. The minimum Gasteiger partial charge on any atom is -0.495 e. The fourth-order valence-corrected chi connectivity index (χ4v) is 4.12. The predicted molar refractivity (Wildman–Crippen MR) is 92.8 cm³/mol. The maximum absolute atomic E-state index is 12.8. The summed E-state index contributed by atoms with van der Waals surface area (Å²) in [5.74, 6) is 0.360. The lowest BCUT2D eigenvalue weighted by Crippen LogP contribution is -2.16. The number of sulfone groups is 1. The fourth-order valence-electron chi connectivity index (χ4n) is 2.45. The lowest BCUT2D eigenvalue weighted by molar-refractivity contribution is 0.414. The first-order valence-electron chi connectivity index (χ1n) is 7.05. The van der Waals surface area contributed by atoms with Crippen LogP contribution in [-0.2, 0) is 9.84 Å². The van der Waals surface area contributed by atoms with Crippen LogP contribution in [0.4, 0.5) is 0 Å². The largest absolute Gasteiger partial charge is 0.495 e. The van der Waals surface area contributed by atoms with Crippen LogP contribution in [0.3, 0.4) is 0 Å². The van der Waals surface area contributed by atoms with Gasteiger partial charge in [-0.3, -0.25) is 4.79 Å². The van der Waals surface area contributed by atoms with E-state index in [2.05, 4.69) is 4.98 Å². The molecule has 0 radical (unpaired) electrons. The normalized spacial score (nSPS) is 11.6. The number of hydrogen-bond acceptors (Lipinski definition) is 4. The summed E-state index contributed by atoms with van der Waals surface area (Å²) in [6, 6.07) is 9.33. The van der Waals surface area contributed by atoms with E-state index in [0.29, 0.717) is 16.7 Å². The lowest BCUT2D eigenvalue weighted by Gasteiger charge is -2.08. The van der Waals surface area contributed by atoms with Gasteiger partial charge in [0.2, 0.25) is 15.3 Å². The molecular formula is C17H14ClNO4S. The molecule has 0 spiro atoms. The van der Waals surface area contributed by atoms with Crippen molar-refractivity contribution in [3.63, 3.8) is 0 Å². The van der Waals surface area contributed by atoms with Crippen LogP contribution in [0, 0.1) is 6.92 Å². The zero-order valence-electron chi connectivity index (χ0n) is 13.0. The Kier molecular flexibility index (Phi) is 4.11. The predicted octanol–water partition coefficient (Wildman–Crippen LogP) is 3.33. The van der Waals surface area contributed by atoms with E-state index in [0.717, 1.165) is 5.56 Å². The third-order valence-electron chi connectivity index (χ3n) is 3.73. The van der Waals surface area contributed by atoms with Crippen LogP contribution in [-0.4, -0.2) is 20.5 Å². The van der Waals surface area contributed by atoms with E-state index in [4.69, 9.17) is 16.3 Å². The van der Waals surface area contributed by atoms with Crippen molar-refractivity contribution in [2.45, 2.75) is 16.7 Å². The number of fused-ring (bicyclic) bond motifs is 1. The molecule has 0 aliphatic carbocycles. The number of H-pyrrole nitrogens is 1. The van der Waals surface area contributed by atoms with Gasteiger partial charge >= 0.3 is 0 Å². The van der Waals surface area contributed by atoms with E-state index >= 15 is 0 Å². The number of benzene rings is 2. The standard InChI is InChI=1S/C17H14ClNO4S/c1-10-3-5-14-12(7-10)17(20)16(9-19-14)24(21,22)11-4-6-15(23-2)13(18)8-11/h3-9H,1-2H3,(H,19,20). The van der Waals surface area contributed by atoms with Gasteiger partial charge in [-0.05, 0) is 37.3 Å². The lowest BCUT2D eigenvalue weighted by atomic mass is 10.1. The second-order valence-corrected chi connectivity index (χ2v) is 7.66. The molecule has 5 nitrogen and oxygen atoms in total. The molecule has 0 atom stereocenters. The Morgan fingerprint density at radius 3 is 2.54 bits per heavy atom. The summed E-state index contributed by atoms with van der Waals surface area (Å²) in [6.45, 7) is 1.84. The molecule has 1 heterocycles. The Hall–Kier alpha value is -2.31. The summed E-state index contributed by atoms with van der Waals surface area (Å²) in [7, 11) is -2.57. The van der Waals surface area contributed by atoms with Crippen molar-refractivity contribution in [2.24, 2.45) is 0 Å².